The highest BCUT2D eigenvalue weighted by atomic mass is 79.9. The highest BCUT2D eigenvalue weighted by molar-refractivity contribution is 9.09. The lowest BCUT2D eigenvalue weighted by atomic mass is 10.4. The third-order valence-electron chi connectivity index (χ3n) is 0.981. The van der Waals surface area contributed by atoms with Crippen LogP contribution in [0.3, 0.4) is 0 Å². The summed E-state index contributed by atoms with van der Waals surface area (Å²) >= 11 is 3.13. The number of halogens is 1. The number of rotatable bonds is 2. The van der Waals surface area contributed by atoms with Crippen molar-refractivity contribution in [2.75, 3.05) is 5.33 Å². The Labute approximate surface area is 61.3 Å². The van der Waals surface area contributed by atoms with Crippen LogP contribution in [0.25, 0.3) is 0 Å². The maximum absolute atomic E-state index is 9.08. The molecule has 0 fully saturated rings. The Morgan fingerprint density at radius 1 is 1.89 bits per heavy atom. The van der Waals surface area contributed by atoms with Crippen molar-refractivity contribution in [1.82, 2.24) is 9.97 Å². The zero-order chi connectivity index (χ0) is 6.69. The number of aromatic nitrogens is 2. The first-order valence-electron chi connectivity index (χ1n) is 2.58. The summed E-state index contributed by atoms with van der Waals surface area (Å²) in [5.41, 5.74) is 0. The molecule has 1 unspecified atom stereocenters. The molecular formula is C5H7BrN2O. The quantitative estimate of drug-likeness (QED) is 0.680. The van der Waals surface area contributed by atoms with Gasteiger partial charge in [0.05, 0.1) is 0 Å². The van der Waals surface area contributed by atoms with Crippen molar-refractivity contribution < 1.29 is 5.11 Å². The molecule has 0 saturated carbocycles. The first kappa shape index (κ1) is 6.77. The van der Waals surface area contributed by atoms with Crippen LogP contribution in [-0.2, 0) is 0 Å². The number of aliphatic hydroxyl groups excluding tert-OH is 1. The van der Waals surface area contributed by atoms with E-state index in [2.05, 4.69) is 25.9 Å². The summed E-state index contributed by atoms with van der Waals surface area (Å²) in [5, 5.41) is 9.59. The largest absolute Gasteiger partial charge is 0.384 e. The molecule has 9 heavy (non-hydrogen) atoms. The lowest BCUT2D eigenvalue weighted by Gasteiger charge is -1.99. The average Bonchev–Trinajstić information content (AvgIpc) is 2.37. The van der Waals surface area contributed by atoms with Gasteiger partial charge in [0.1, 0.15) is 11.9 Å². The molecule has 1 heterocycles. The third kappa shape index (κ3) is 1.53. The van der Waals surface area contributed by atoms with Crippen LogP contribution in [0.4, 0.5) is 0 Å². The van der Waals surface area contributed by atoms with E-state index >= 15 is 0 Å². The highest BCUT2D eigenvalue weighted by Gasteiger charge is 2.05. The van der Waals surface area contributed by atoms with Gasteiger partial charge in [-0.25, -0.2) is 4.98 Å². The Kier molecular flexibility index (Phi) is 2.24. The first-order valence-corrected chi connectivity index (χ1v) is 3.70. The monoisotopic (exact) mass is 190 g/mol. The van der Waals surface area contributed by atoms with Gasteiger partial charge in [-0.1, -0.05) is 15.9 Å². The molecule has 1 aromatic rings. The van der Waals surface area contributed by atoms with Gasteiger partial charge in [-0.05, 0) is 0 Å². The molecule has 0 aromatic carbocycles. The number of imidazole rings is 1. The molecular weight excluding hydrogens is 184 g/mol. The normalized spacial score (nSPS) is 13.6. The lowest BCUT2D eigenvalue weighted by Crippen LogP contribution is -1.99. The fourth-order valence-electron chi connectivity index (χ4n) is 0.533. The summed E-state index contributed by atoms with van der Waals surface area (Å²) < 4.78 is 0. The van der Waals surface area contributed by atoms with Crippen molar-refractivity contribution in [2.45, 2.75) is 6.10 Å². The maximum Gasteiger partial charge on any atom is 0.135 e. The van der Waals surface area contributed by atoms with E-state index in [0.29, 0.717) is 11.2 Å². The van der Waals surface area contributed by atoms with Gasteiger partial charge >= 0.3 is 0 Å². The minimum atomic E-state index is -0.514. The second-order valence-corrected chi connectivity index (χ2v) is 2.29. The summed E-state index contributed by atoms with van der Waals surface area (Å²) in [6, 6.07) is 0. The maximum atomic E-state index is 9.08. The van der Waals surface area contributed by atoms with Gasteiger partial charge in [-0.3, -0.25) is 0 Å². The molecule has 1 aromatic heterocycles. The van der Waals surface area contributed by atoms with Crippen molar-refractivity contribution in [1.29, 1.82) is 0 Å². The van der Waals surface area contributed by atoms with Crippen molar-refractivity contribution in [3.05, 3.63) is 18.2 Å². The molecule has 0 spiro atoms. The van der Waals surface area contributed by atoms with Crippen LogP contribution < -0.4 is 0 Å². The smallest absolute Gasteiger partial charge is 0.135 e. The zero-order valence-electron chi connectivity index (χ0n) is 4.71. The number of aliphatic hydroxyl groups is 1. The van der Waals surface area contributed by atoms with Crippen LogP contribution in [0, 0.1) is 0 Å². The molecule has 1 rings (SSSR count). The van der Waals surface area contributed by atoms with Gasteiger partial charge < -0.3 is 10.1 Å². The Morgan fingerprint density at radius 2 is 2.67 bits per heavy atom. The van der Waals surface area contributed by atoms with E-state index in [9.17, 15) is 0 Å². The number of nitrogens with one attached hydrogen (secondary N) is 1. The number of H-pyrrole nitrogens is 1. The molecule has 0 radical (unpaired) electrons. The molecule has 0 amide bonds. The van der Waals surface area contributed by atoms with E-state index < -0.39 is 6.10 Å². The predicted molar refractivity (Wildman–Crippen MR) is 37.3 cm³/mol. The van der Waals surface area contributed by atoms with E-state index in [1.165, 1.54) is 0 Å². The van der Waals surface area contributed by atoms with Gasteiger partial charge in [0.2, 0.25) is 0 Å². The molecule has 0 bridgehead atoms. The molecule has 3 nitrogen and oxygen atoms in total. The lowest BCUT2D eigenvalue weighted by molar-refractivity contribution is 0.196. The van der Waals surface area contributed by atoms with Gasteiger partial charge in [-0.15, -0.1) is 0 Å². The number of aromatic amines is 1. The Bertz CT molecular complexity index is 163. The molecule has 0 aliphatic carbocycles. The fraction of sp³-hybridized carbons (Fsp3) is 0.400. The van der Waals surface area contributed by atoms with E-state index in [1.54, 1.807) is 12.4 Å². The van der Waals surface area contributed by atoms with Crippen molar-refractivity contribution in [3.8, 4) is 0 Å². The fourth-order valence-corrected chi connectivity index (χ4v) is 0.839. The van der Waals surface area contributed by atoms with Gasteiger partial charge in [0.15, 0.2) is 0 Å². The zero-order valence-corrected chi connectivity index (χ0v) is 6.30. The molecule has 0 aliphatic rings. The third-order valence-corrected chi connectivity index (χ3v) is 1.59. The minimum absolute atomic E-state index is 0.514. The van der Waals surface area contributed by atoms with Crippen LogP contribution in [0.1, 0.15) is 11.9 Å². The second kappa shape index (κ2) is 2.98. The summed E-state index contributed by atoms with van der Waals surface area (Å²) in [5.74, 6) is 0.604. The SMILES string of the molecule is OC(CBr)c1ncc[nH]1. The van der Waals surface area contributed by atoms with Crippen LogP contribution in [0.2, 0.25) is 0 Å². The number of hydrogen-bond acceptors (Lipinski definition) is 2. The van der Waals surface area contributed by atoms with Crippen molar-refractivity contribution in [2.24, 2.45) is 0 Å². The average molecular weight is 191 g/mol. The van der Waals surface area contributed by atoms with E-state index in [4.69, 9.17) is 5.11 Å². The minimum Gasteiger partial charge on any atom is -0.384 e. The number of hydrogen-bond donors (Lipinski definition) is 2. The molecule has 2 N–H and O–H groups in total. The highest BCUT2D eigenvalue weighted by Crippen LogP contribution is 2.08. The van der Waals surface area contributed by atoms with Crippen LogP contribution in [0.5, 0.6) is 0 Å². The van der Waals surface area contributed by atoms with E-state index in [1.807, 2.05) is 0 Å². The Balaban J connectivity index is 2.65. The van der Waals surface area contributed by atoms with Crippen molar-refractivity contribution in [3.63, 3.8) is 0 Å². The summed E-state index contributed by atoms with van der Waals surface area (Å²) in [7, 11) is 0. The van der Waals surface area contributed by atoms with Crippen LogP contribution in [0.15, 0.2) is 12.4 Å². The summed E-state index contributed by atoms with van der Waals surface area (Å²) in [6.45, 7) is 0. The molecule has 1 atom stereocenters. The Morgan fingerprint density at radius 3 is 3.11 bits per heavy atom. The van der Waals surface area contributed by atoms with E-state index in [-0.39, 0.29) is 0 Å². The topological polar surface area (TPSA) is 48.9 Å². The Hall–Kier alpha value is -0.350. The van der Waals surface area contributed by atoms with Crippen molar-refractivity contribution >= 4 is 15.9 Å². The summed E-state index contributed by atoms with van der Waals surface area (Å²) in [6.07, 6.45) is 2.78. The molecule has 4 heteroatoms. The second-order valence-electron chi connectivity index (χ2n) is 1.64. The first-order chi connectivity index (χ1) is 4.34. The molecule has 0 saturated heterocycles. The molecule has 0 aliphatic heterocycles. The summed E-state index contributed by atoms with van der Waals surface area (Å²) in [4.78, 5) is 6.65. The van der Waals surface area contributed by atoms with Crippen LogP contribution in [-0.4, -0.2) is 20.4 Å². The number of alkyl halides is 1. The molecule has 50 valence electrons. The van der Waals surface area contributed by atoms with E-state index in [0.717, 1.165) is 0 Å². The standard InChI is InChI=1S/C5H7BrN2O/c6-3-4(9)5-7-1-2-8-5/h1-2,4,9H,3H2,(H,7,8). The predicted octanol–water partition coefficient (Wildman–Crippen LogP) is 0.838. The van der Waals surface area contributed by atoms with Crippen LogP contribution >= 0.6 is 15.9 Å². The van der Waals surface area contributed by atoms with Gasteiger partial charge in [-0.2, -0.15) is 0 Å². The van der Waals surface area contributed by atoms with Gasteiger partial charge in [0, 0.05) is 17.7 Å². The number of nitrogens with zero attached hydrogens (tertiary/aromatic N) is 1. The van der Waals surface area contributed by atoms with Gasteiger partial charge in [0.25, 0.3) is 0 Å².